The van der Waals surface area contributed by atoms with Crippen molar-refractivity contribution in [2.75, 3.05) is 26.7 Å². The van der Waals surface area contributed by atoms with Gasteiger partial charge in [0.15, 0.2) is 0 Å². The predicted octanol–water partition coefficient (Wildman–Crippen LogP) is 1.53. The molecule has 0 aromatic rings. The average Bonchev–Trinajstić information content (AvgIpc) is 2.85. The minimum atomic E-state index is 0.250. The Bertz CT molecular complexity index is 254. The third-order valence-corrected chi connectivity index (χ3v) is 5.03. The summed E-state index contributed by atoms with van der Waals surface area (Å²) in [5.41, 5.74) is 6.42. The number of likely N-dealkylation sites (N-methyl/N-ethyl adjacent to an activating group) is 1. The van der Waals surface area contributed by atoms with Gasteiger partial charge in [0.05, 0.1) is 0 Å². The largest absolute Gasteiger partial charge is 0.329 e. The fourth-order valence-corrected chi connectivity index (χ4v) is 3.94. The average molecular weight is 239 g/mol. The normalized spacial score (nSPS) is 40.6. The summed E-state index contributed by atoms with van der Waals surface area (Å²) in [6, 6.07) is 1.42. The third-order valence-electron chi connectivity index (χ3n) is 5.03. The van der Waals surface area contributed by atoms with Gasteiger partial charge in [-0.1, -0.05) is 13.8 Å². The highest BCUT2D eigenvalue weighted by atomic mass is 15.3. The molecule has 3 heteroatoms. The van der Waals surface area contributed by atoms with E-state index in [1.165, 1.54) is 25.8 Å². The second kappa shape index (κ2) is 4.87. The standard InChI is InChI=1S/C14H29N3/c1-11(2)13-6-5-7-17(13)14(9-15)8-12(3)16(4)10-14/h11-13H,5-10,15H2,1-4H3. The number of likely N-dealkylation sites (tertiary alicyclic amines) is 2. The van der Waals surface area contributed by atoms with Crippen LogP contribution in [0.5, 0.6) is 0 Å². The lowest BCUT2D eigenvalue weighted by Gasteiger charge is -2.43. The Balaban J connectivity index is 2.18. The highest BCUT2D eigenvalue weighted by Gasteiger charge is 2.48. The van der Waals surface area contributed by atoms with Crippen LogP contribution in [0.1, 0.15) is 40.0 Å². The van der Waals surface area contributed by atoms with Crippen molar-refractivity contribution in [1.29, 1.82) is 0 Å². The van der Waals surface area contributed by atoms with E-state index in [1.54, 1.807) is 0 Å². The molecule has 3 unspecified atom stereocenters. The third kappa shape index (κ3) is 2.25. The SMILES string of the molecule is CC(C)C1CCCN1C1(CN)CC(C)N(C)C1. The molecule has 3 atom stereocenters. The predicted molar refractivity (Wildman–Crippen MR) is 73.1 cm³/mol. The van der Waals surface area contributed by atoms with Crippen LogP contribution >= 0.6 is 0 Å². The first-order valence-corrected chi connectivity index (χ1v) is 7.17. The van der Waals surface area contributed by atoms with Crippen molar-refractivity contribution in [2.45, 2.75) is 57.7 Å². The van der Waals surface area contributed by atoms with Gasteiger partial charge in [0.25, 0.3) is 0 Å². The molecule has 3 nitrogen and oxygen atoms in total. The quantitative estimate of drug-likeness (QED) is 0.810. The zero-order valence-corrected chi connectivity index (χ0v) is 11.9. The summed E-state index contributed by atoms with van der Waals surface area (Å²) in [4.78, 5) is 5.22. The fourth-order valence-electron chi connectivity index (χ4n) is 3.94. The van der Waals surface area contributed by atoms with Crippen molar-refractivity contribution in [3.63, 3.8) is 0 Å². The van der Waals surface area contributed by atoms with Gasteiger partial charge in [-0.25, -0.2) is 0 Å². The van der Waals surface area contributed by atoms with Crippen LogP contribution in [0.2, 0.25) is 0 Å². The highest BCUT2D eigenvalue weighted by Crippen LogP contribution is 2.37. The number of rotatable bonds is 3. The highest BCUT2D eigenvalue weighted by molar-refractivity contribution is 5.06. The molecule has 100 valence electrons. The molecule has 2 aliphatic heterocycles. The van der Waals surface area contributed by atoms with E-state index in [-0.39, 0.29) is 5.54 Å². The van der Waals surface area contributed by atoms with E-state index in [4.69, 9.17) is 5.73 Å². The van der Waals surface area contributed by atoms with Crippen LogP contribution in [0, 0.1) is 5.92 Å². The smallest absolute Gasteiger partial charge is 0.0476 e. The van der Waals surface area contributed by atoms with E-state index < -0.39 is 0 Å². The Morgan fingerprint density at radius 1 is 1.41 bits per heavy atom. The van der Waals surface area contributed by atoms with E-state index in [0.29, 0.717) is 6.04 Å². The summed E-state index contributed by atoms with van der Waals surface area (Å²) in [7, 11) is 2.24. The van der Waals surface area contributed by atoms with E-state index in [1.807, 2.05) is 0 Å². The molecule has 0 aromatic heterocycles. The monoisotopic (exact) mass is 239 g/mol. The summed E-state index contributed by atoms with van der Waals surface area (Å²) in [6.45, 7) is 10.3. The van der Waals surface area contributed by atoms with Crippen LogP contribution in [0.3, 0.4) is 0 Å². The van der Waals surface area contributed by atoms with Gasteiger partial charge in [0, 0.05) is 30.7 Å². The molecule has 2 saturated heterocycles. The Labute approximate surface area is 106 Å². The van der Waals surface area contributed by atoms with Crippen LogP contribution in [-0.2, 0) is 0 Å². The molecular weight excluding hydrogens is 210 g/mol. The van der Waals surface area contributed by atoms with Crippen molar-refractivity contribution in [2.24, 2.45) is 11.7 Å². The van der Waals surface area contributed by atoms with E-state index in [9.17, 15) is 0 Å². The molecule has 0 aliphatic carbocycles. The minimum Gasteiger partial charge on any atom is -0.329 e. The summed E-state index contributed by atoms with van der Waals surface area (Å²) >= 11 is 0. The van der Waals surface area contributed by atoms with Gasteiger partial charge in [-0.05, 0) is 45.7 Å². The van der Waals surface area contributed by atoms with Gasteiger partial charge in [0.2, 0.25) is 0 Å². The number of nitrogens with zero attached hydrogens (tertiary/aromatic N) is 2. The van der Waals surface area contributed by atoms with Crippen molar-refractivity contribution in [3.05, 3.63) is 0 Å². The van der Waals surface area contributed by atoms with Crippen molar-refractivity contribution >= 4 is 0 Å². The fraction of sp³-hybridized carbons (Fsp3) is 1.00. The second-order valence-electron chi connectivity index (χ2n) is 6.54. The van der Waals surface area contributed by atoms with Gasteiger partial charge in [-0.15, -0.1) is 0 Å². The number of nitrogens with two attached hydrogens (primary N) is 1. The maximum Gasteiger partial charge on any atom is 0.0476 e. The number of hydrogen-bond donors (Lipinski definition) is 1. The van der Waals surface area contributed by atoms with Gasteiger partial charge in [0.1, 0.15) is 0 Å². The first-order valence-electron chi connectivity index (χ1n) is 7.17. The molecule has 2 aliphatic rings. The van der Waals surface area contributed by atoms with Crippen molar-refractivity contribution in [3.8, 4) is 0 Å². The summed E-state index contributed by atoms with van der Waals surface area (Å²) in [5, 5.41) is 0. The molecule has 0 bridgehead atoms. The summed E-state index contributed by atoms with van der Waals surface area (Å²) in [6.07, 6.45) is 3.95. The van der Waals surface area contributed by atoms with Crippen LogP contribution in [0.15, 0.2) is 0 Å². The molecule has 2 N–H and O–H groups in total. The Morgan fingerprint density at radius 2 is 2.12 bits per heavy atom. The molecule has 2 heterocycles. The van der Waals surface area contributed by atoms with Gasteiger partial charge >= 0.3 is 0 Å². The molecule has 2 fully saturated rings. The molecular formula is C14H29N3. The summed E-state index contributed by atoms with van der Waals surface area (Å²) < 4.78 is 0. The Kier molecular flexibility index (Phi) is 3.81. The lowest BCUT2D eigenvalue weighted by atomic mass is 9.90. The van der Waals surface area contributed by atoms with Crippen LogP contribution in [-0.4, -0.2) is 54.1 Å². The van der Waals surface area contributed by atoms with Gasteiger partial charge in [-0.2, -0.15) is 0 Å². The molecule has 17 heavy (non-hydrogen) atoms. The maximum absolute atomic E-state index is 6.17. The Morgan fingerprint density at radius 3 is 2.59 bits per heavy atom. The van der Waals surface area contributed by atoms with Crippen molar-refractivity contribution in [1.82, 2.24) is 9.80 Å². The molecule has 0 radical (unpaired) electrons. The molecule has 0 saturated carbocycles. The van der Waals surface area contributed by atoms with E-state index >= 15 is 0 Å². The molecule has 2 rings (SSSR count). The van der Waals surface area contributed by atoms with Gasteiger partial charge < -0.3 is 10.6 Å². The minimum absolute atomic E-state index is 0.250. The first-order chi connectivity index (χ1) is 8.00. The van der Waals surface area contributed by atoms with Crippen LogP contribution in [0.25, 0.3) is 0 Å². The lowest BCUT2D eigenvalue weighted by Crippen LogP contribution is -2.58. The lowest BCUT2D eigenvalue weighted by molar-refractivity contribution is 0.0670. The number of hydrogen-bond acceptors (Lipinski definition) is 3. The van der Waals surface area contributed by atoms with Crippen molar-refractivity contribution < 1.29 is 0 Å². The molecule has 0 spiro atoms. The van der Waals surface area contributed by atoms with E-state index in [0.717, 1.165) is 25.0 Å². The first kappa shape index (κ1) is 13.3. The molecule has 0 amide bonds. The zero-order chi connectivity index (χ0) is 12.6. The molecule has 0 aromatic carbocycles. The summed E-state index contributed by atoms with van der Waals surface area (Å²) in [5.74, 6) is 0.752. The maximum atomic E-state index is 6.17. The van der Waals surface area contributed by atoms with Gasteiger partial charge in [-0.3, -0.25) is 4.90 Å². The van der Waals surface area contributed by atoms with Crippen LogP contribution < -0.4 is 5.73 Å². The zero-order valence-electron chi connectivity index (χ0n) is 11.9. The Hall–Kier alpha value is -0.120. The van der Waals surface area contributed by atoms with Crippen LogP contribution in [0.4, 0.5) is 0 Å². The second-order valence-corrected chi connectivity index (χ2v) is 6.54. The topological polar surface area (TPSA) is 32.5 Å². The van der Waals surface area contributed by atoms with E-state index in [2.05, 4.69) is 37.6 Å².